The van der Waals surface area contributed by atoms with Crippen LogP contribution in [-0.2, 0) is 0 Å². The maximum Gasteiger partial charge on any atom is 0.162 e. The normalized spacial score (nSPS) is 11.0. The van der Waals surface area contributed by atoms with E-state index < -0.39 is 0 Å². The van der Waals surface area contributed by atoms with Crippen molar-refractivity contribution in [3.63, 3.8) is 0 Å². The maximum absolute atomic E-state index is 6.00. The number of nitrogens with zero attached hydrogens (tertiary/aromatic N) is 2. The SMILES string of the molecule is CCCNc1cc(C(C)C)nc(-c2ccc(Cl)cc2Br)n1. The van der Waals surface area contributed by atoms with Gasteiger partial charge in [-0.15, -0.1) is 0 Å². The number of hydrogen-bond acceptors (Lipinski definition) is 3. The highest BCUT2D eigenvalue weighted by Crippen LogP contribution is 2.30. The second kappa shape index (κ2) is 7.23. The first kappa shape index (κ1) is 16.2. The van der Waals surface area contributed by atoms with Gasteiger partial charge in [0.25, 0.3) is 0 Å². The van der Waals surface area contributed by atoms with E-state index in [1.54, 1.807) is 0 Å². The summed E-state index contributed by atoms with van der Waals surface area (Å²) >= 11 is 9.54. The fraction of sp³-hybridized carbons (Fsp3) is 0.375. The minimum absolute atomic E-state index is 0.347. The van der Waals surface area contributed by atoms with E-state index in [1.165, 1.54) is 0 Å². The molecule has 0 fully saturated rings. The van der Waals surface area contributed by atoms with Crippen LogP contribution in [0.3, 0.4) is 0 Å². The van der Waals surface area contributed by atoms with Gasteiger partial charge in [0.1, 0.15) is 5.82 Å². The summed E-state index contributed by atoms with van der Waals surface area (Å²) in [5.41, 5.74) is 1.97. The Morgan fingerprint density at radius 1 is 1.24 bits per heavy atom. The van der Waals surface area contributed by atoms with Gasteiger partial charge in [-0.3, -0.25) is 0 Å². The van der Waals surface area contributed by atoms with Crippen molar-refractivity contribution in [3.8, 4) is 11.4 Å². The molecule has 0 atom stereocenters. The molecule has 0 bridgehead atoms. The molecule has 1 heterocycles. The molecule has 5 heteroatoms. The molecule has 3 nitrogen and oxygen atoms in total. The van der Waals surface area contributed by atoms with Gasteiger partial charge in [0.2, 0.25) is 0 Å². The molecule has 1 N–H and O–H groups in total. The third kappa shape index (κ3) is 4.17. The second-order valence-corrected chi connectivity index (χ2v) is 6.50. The number of halogens is 2. The Balaban J connectivity index is 2.48. The van der Waals surface area contributed by atoms with E-state index >= 15 is 0 Å². The molecule has 2 aromatic rings. The van der Waals surface area contributed by atoms with E-state index in [9.17, 15) is 0 Å². The van der Waals surface area contributed by atoms with E-state index in [-0.39, 0.29) is 0 Å². The highest BCUT2D eigenvalue weighted by molar-refractivity contribution is 9.10. The molecule has 0 spiro atoms. The summed E-state index contributed by atoms with van der Waals surface area (Å²) in [6, 6.07) is 7.68. The third-order valence-corrected chi connectivity index (χ3v) is 3.96. The molecule has 1 aromatic carbocycles. The van der Waals surface area contributed by atoms with Crippen LogP contribution in [0.2, 0.25) is 5.02 Å². The van der Waals surface area contributed by atoms with Crippen LogP contribution in [0, 0.1) is 0 Å². The predicted molar refractivity (Wildman–Crippen MR) is 93.0 cm³/mol. The molecule has 21 heavy (non-hydrogen) atoms. The lowest BCUT2D eigenvalue weighted by atomic mass is 10.1. The Kier molecular flexibility index (Phi) is 5.59. The Hall–Kier alpha value is -1.13. The van der Waals surface area contributed by atoms with Crippen LogP contribution >= 0.6 is 27.5 Å². The standard InChI is InChI=1S/C16H19BrClN3/c1-4-7-19-15-9-14(10(2)3)20-16(21-15)12-6-5-11(18)8-13(12)17/h5-6,8-10H,4,7H2,1-3H3,(H,19,20,21). The summed E-state index contributed by atoms with van der Waals surface area (Å²) in [7, 11) is 0. The number of rotatable bonds is 5. The van der Waals surface area contributed by atoms with E-state index in [1.807, 2.05) is 24.3 Å². The summed E-state index contributed by atoms with van der Waals surface area (Å²) in [5.74, 6) is 1.93. The molecular weight excluding hydrogens is 350 g/mol. The van der Waals surface area contributed by atoms with Gasteiger partial charge in [-0.1, -0.05) is 32.4 Å². The van der Waals surface area contributed by atoms with Crippen LogP contribution in [-0.4, -0.2) is 16.5 Å². The molecule has 0 aliphatic carbocycles. The average molecular weight is 369 g/mol. The molecule has 0 saturated heterocycles. The first-order chi connectivity index (χ1) is 10.0. The zero-order chi connectivity index (χ0) is 15.4. The molecule has 2 rings (SSSR count). The van der Waals surface area contributed by atoms with Gasteiger partial charge in [-0.05, 0) is 46.5 Å². The zero-order valence-electron chi connectivity index (χ0n) is 12.5. The number of anilines is 1. The molecule has 112 valence electrons. The minimum atomic E-state index is 0.347. The van der Waals surface area contributed by atoms with Crippen LogP contribution in [0.5, 0.6) is 0 Å². The van der Waals surface area contributed by atoms with Crippen molar-refractivity contribution in [2.45, 2.75) is 33.1 Å². The van der Waals surface area contributed by atoms with Crippen molar-refractivity contribution in [1.29, 1.82) is 0 Å². The number of nitrogens with one attached hydrogen (secondary N) is 1. The number of benzene rings is 1. The van der Waals surface area contributed by atoms with Gasteiger partial charge in [0.05, 0.1) is 0 Å². The van der Waals surface area contributed by atoms with Gasteiger partial charge in [-0.2, -0.15) is 0 Å². The summed E-state index contributed by atoms with van der Waals surface area (Å²) in [6.07, 6.45) is 1.06. The van der Waals surface area contributed by atoms with E-state index in [0.29, 0.717) is 16.8 Å². The van der Waals surface area contributed by atoms with Crippen molar-refractivity contribution >= 4 is 33.3 Å². The summed E-state index contributed by atoms with van der Waals surface area (Å²) in [6.45, 7) is 7.29. The van der Waals surface area contributed by atoms with Crippen molar-refractivity contribution < 1.29 is 0 Å². The van der Waals surface area contributed by atoms with E-state index in [0.717, 1.165) is 34.5 Å². The molecule has 0 aliphatic heterocycles. The third-order valence-electron chi connectivity index (χ3n) is 3.07. The van der Waals surface area contributed by atoms with Gasteiger partial charge < -0.3 is 5.32 Å². The Morgan fingerprint density at radius 2 is 2.00 bits per heavy atom. The fourth-order valence-electron chi connectivity index (χ4n) is 1.90. The Morgan fingerprint density at radius 3 is 2.62 bits per heavy atom. The maximum atomic E-state index is 6.00. The van der Waals surface area contributed by atoms with Gasteiger partial charge in [-0.25, -0.2) is 9.97 Å². The highest BCUT2D eigenvalue weighted by Gasteiger charge is 2.12. The Bertz CT molecular complexity index is 629. The molecule has 0 unspecified atom stereocenters. The average Bonchev–Trinajstić information content (AvgIpc) is 2.44. The van der Waals surface area contributed by atoms with Crippen molar-refractivity contribution in [1.82, 2.24) is 9.97 Å². The highest BCUT2D eigenvalue weighted by atomic mass is 79.9. The molecule has 0 radical (unpaired) electrons. The van der Waals surface area contributed by atoms with Crippen LogP contribution < -0.4 is 5.32 Å². The summed E-state index contributed by atoms with van der Waals surface area (Å²) < 4.78 is 0.900. The second-order valence-electron chi connectivity index (χ2n) is 5.21. The van der Waals surface area contributed by atoms with Crippen LogP contribution in [0.15, 0.2) is 28.7 Å². The number of aromatic nitrogens is 2. The summed E-state index contributed by atoms with van der Waals surface area (Å²) in [5, 5.41) is 4.03. The smallest absolute Gasteiger partial charge is 0.162 e. The largest absolute Gasteiger partial charge is 0.370 e. The van der Waals surface area contributed by atoms with Crippen molar-refractivity contribution in [3.05, 3.63) is 39.5 Å². The molecular formula is C16H19BrClN3. The van der Waals surface area contributed by atoms with Gasteiger partial charge >= 0.3 is 0 Å². The zero-order valence-corrected chi connectivity index (χ0v) is 14.8. The molecule has 0 amide bonds. The topological polar surface area (TPSA) is 37.8 Å². The van der Waals surface area contributed by atoms with E-state index in [2.05, 4.69) is 52.0 Å². The van der Waals surface area contributed by atoms with Gasteiger partial charge in [0.15, 0.2) is 5.82 Å². The predicted octanol–water partition coefficient (Wildman–Crippen LogP) is 5.50. The first-order valence-electron chi connectivity index (χ1n) is 7.09. The molecule has 1 aromatic heterocycles. The van der Waals surface area contributed by atoms with Crippen LogP contribution in [0.25, 0.3) is 11.4 Å². The Labute approximate surface area is 139 Å². The lowest BCUT2D eigenvalue weighted by Gasteiger charge is -2.12. The monoisotopic (exact) mass is 367 g/mol. The van der Waals surface area contributed by atoms with Crippen molar-refractivity contribution in [2.75, 3.05) is 11.9 Å². The summed E-state index contributed by atoms with van der Waals surface area (Å²) in [4.78, 5) is 9.30. The molecule has 0 saturated carbocycles. The van der Waals surface area contributed by atoms with Gasteiger partial charge in [0, 0.05) is 33.4 Å². The van der Waals surface area contributed by atoms with Crippen LogP contribution in [0.4, 0.5) is 5.82 Å². The lowest BCUT2D eigenvalue weighted by Crippen LogP contribution is -2.06. The first-order valence-corrected chi connectivity index (χ1v) is 8.26. The van der Waals surface area contributed by atoms with E-state index in [4.69, 9.17) is 11.6 Å². The fourth-order valence-corrected chi connectivity index (χ4v) is 2.76. The minimum Gasteiger partial charge on any atom is -0.370 e. The molecule has 0 aliphatic rings. The lowest BCUT2D eigenvalue weighted by molar-refractivity contribution is 0.815. The van der Waals surface area contributed by atoms with Crippen molar-refractivity contribution in [2.24, 2.45) is 0 Å². The number of hydrogen-bond donors (Lipinski definition) is 1. The van der Waals surface area contributed by atoms with Crippen LogP contribution in [0.1, 0.15) is 38.8 Å². The quantitative estimate of drug-likeness (QED) is 0.756.